The van der Waals surface area contributed by atoms with Gasteiger partial charge in [0.05, 0.1) is 12.3 Å². The Kier molecular flexibility index (Phi) is 3.96. The van der Waals surface area contributed by atoms with E-state index in [9.17, 15) is 0 Å². The summed E-state index contributed by atoms with van der Waals surface area (Å²) in [5, 5.41) is 0.624. The number of anilines is 2. The van der Waals surface area contributed by atoms with Crippen molar-refractivity contribution in [3.63, 3.8) is 0 Å². The molecule has 2 N–H and O–H groups in total. The topological polar surface area (TPSA) is 51.4 Å². The van der Waals surface area contributed by atoms with Crippen LogP contribution in [-0.2, 0) is 0 Å². The number of hydrogen-bond donors (Lipinski definition) is 1. The number of ether oxygens (including phenoxy) is 1. The van der Waals surface area contributed by atoms with Crippen molar-refractivity contribution in [2.24, 2.45) is 5.92 Å². The number of nitrogens with zero attached hydrogens (tertiary/aromatic N) is 2. The summed E-state index contributed by atoms with van der Waals surface area (Å²) in [4.78, 5) is 7.02. The Hall–Kier alpha value is -1.10. The highest BCUT2D eigenvalue weighted by molar-refractivity contribution is 8.00. The molecule has 2 fully saturated rings. The van der Waals surface area contributed by atoms with Gasteiger partial charge in [0.15, 0.2) is 0 Å². The lowest BCUT2D eigenvalue weighted by Crippen LogP contribution is -2.45. The number of thioether (sulfide) groups is 1. The van der Waals surface area contributed by atoms with Crippen LogP contribution >= 0.6 is 11.8 Å². The molecule has 1 aromatic heterocycles. The maximum Gasteiger partial charge on any atom is 0.239 e. The molecule has 2 atom stereocenters. The van der Waals surface area contributed by atoms with Crippen LogP contribution in [0.25, 0.3) is 0 Å². The van der Waals surface area contributed by atoms with Crippen molar-refractivity contribution in [1.29, 1.82) is 0 Å². The van der Waals surface area contributed by atoms with Crippen molar-refractivity contribution in [2.75, 3.05) is 29.5 Å². The molecule has 0 bridgehead atoms. The van der Waals surface area contributed by atoms with E-state index in [2.05, 4.69) is 23.7 Å². The van der Waals surface area contributed by atoms with Gasteiger partial charge in [-0.25, -0.2) is 0 Å². The fourth-order valence-electron chi connectivity index (χ4n) is 2.45. The molecule has 1 saturated carbocycles. The molecular formula is C15H23N3OS. The van der Waals surface area contributed by atoms with Gasteiger partial charge in [-0.1, -0.05) is 6.92 Å². The van der Waals surface area contributed by atoms with Crippen LogP contribution in [0.15, 0.2) is 12.1 Å². The van der Waals surface area contributed by atoms with Gasteiger partial charge in [-0.05, 0) is 37.8 Å². The molecule has 5 heteroatoms. The van der Waals surface area contributed by atoms with Crippen LogP contribution in [0.1, 0.15) is 26.7 Å². The molecule has 4 nitrogen and oxygen atoms in total. The lowest BCUT2D eigenvalue weighted by molar-refractivity contribution is 0.290. The minimum atomic E-state index is 0.487. The molecule has 1 aliphatic carbocycles. The van der Waals surface area contributed by atoms with Crippen LogP contribution in [0.5, 0.6) is 5.88 Å². The number of aromatic nitrogens is 1. The highest BCUT2D eigenvalue weighted by Crippen LogP contribution is 2.33. The Morgan fingerprint density at radius 2 is 2.20 bits per heavy atom. The van der Waals surface area contributed by atoms with Crippen LogP contribution in [0, 0.1) is 5.92 Å². The van der Waals surface area contributed by atoms with Gasteiger partial charge >= 0.3 is 0 Å². The average Bonchev–Trinajstić information content (AvgIpc) is 3.25. The van der Waals surface area contributed by atoms with Crippen LogP contribution < -0.4 is 15.4 Å². The van der Waals surface area contributed by atoms with E-state index in [1.807, 2.05) is 23.9 Å². The monoisotopic (exact) mass is 293 g/mol. The van der Waals surface area contributed by atoms with Crippen molar-refractivity contribution in [2.45, 2.75) is 38.0 Å². The molecule has 1 saturated heterocycles. The van der Waals surface area contributed by atoms with E-state index in [1.165, 1.54) is 12.8 Å². The quantitative estimate of drug-likeness (QED) is 0.925. The van der Waals surface area contributed by atoms with E-state index >= 15 is 0 Å². The Balaban J connectivity index is 1.76. The van der Waals surface area contributed by atoms with E-state index in [4.69, 9.17) is 10.5 Å². The van der Waals surface area contributed by atoms with Gasteiger partial charge in [-0.3, -0.25) is 0 Å². The smallest absolute Gasteiger partial charge is 0.239 e. The van der Waals surface area contributed by atoms with Gasteiger partial charge in [0.2, 0.25) is 5.88 Å². The molecule has 2 aliphatic rings. The zero-order valence-corrected chi connectivity index (χ0v) is 13.0. The molecule has 110 valence electrons. The Labute approximate surface area is 125 Å². The third-order valence-corrected chi connectivity index (χ3v) is 5.54. The van der Waals surface area contributed by atoms with Gasteiger partial charge in [-0.15, -0.1) is 0 Å². The first-order chi connectivity index (χ1) is 9.65. The summed E-state index contributed by atoms with van der Waals surface area (Å²) in [6, 6.07) is 4.42. The first kappa shape index (κ1) is 13.9. The third kappa shape index (κ3) is 2.97. The molecule has 0 amide bonds. The molecule has 20 heavy (non-hydrogen) atoms. The van der Waals surface area contributed by atoms with Gasteiger partial charge in [0.1, 0.15) is 5.82 Å². The fraction of sp³-hybridized carbons (Fsp3) is 0.667. The van der Waals surface area contributed by atoms with Crippen molar-refractivity contribution >= 4 is 23.3 Å². The molecule has 1 aromatic rings. The molecule has 0 spiro atoms. The molecule has 1 aliphatic heterocycles. The molecule has 2 heterocycles. The largest absolute Gasteiger partial charge is 0.476 e. The molecule has 2 unspecified atom stereocenters. The fourth-order valence-corrected chi connectivity index (χ4v) is 3.55. The normalized spacial score (nSPS) is 26.6. The summed E-state index contributed by atoms with van der Waals surface area (Å²) in [5.41, 5.74) is 6.62. The van der Waals surface area contributed by atoms with Gasteiger partial charge in [-0.2, -0.15) is 16.7 Å². The molecular weight excluding hydrogens is 270 g/mol. The molecule has 0 aromatic carbocycles. The van der Waals surface area contributed by atoms with E-state index < -0.39 is 0 Å². The SMILES string of the molecule is CC1SCCN(c2ccc(N)c(OCC3CC3)n2)C1C. The number of nitrogen functional groups attached to an aromatic ring is 1. The summed E-state index contributed by atoms with van der Waals surface area (Å²) >= 11 is 2.03. The summed E-state index contributed by atoms with van der Waals surface area (Å²) < 4.78 is 5.79. The maximum atomic E-state index is 5.98. The second-order valence-electron chi connectivity index (χ2n) is 5.83. The zero-order valence-electron chi connectivity index (χ0n) is 12.2. The summed E-state index contributed by atoms with van der Waals surface area (Å²) in [6.07, 6.45) is 2.55. The lowest BCUT2D eigenvalue weighted by atomic mass is 10.2. The van der Waals surface area contributed by atoms with Gasteiger partial charge in [0.25, 0.3) is 0 Å². The van der Waals surface area contributed by atoms with Crippen LogP contribution in [-0.4, -0.2) is 35.2 Å². The average molecular weight is 293 g/mol. The van der Waals surface area contributed by atoms with Crippen LogP contribution in [0.4, 0.5) is 11.5 Å². The maximum absolute atomic E-state index is 5.98. The third-order valence-electron chi connectivity index (χ3n) is 4.21. The standard InChI is InChI=1S/C15H23N3OS/c1-10-11(2)20-8-7-18(10)14-6-5-13(16)15(17-14)19-9-12-3-4-12/h5-6,10-12H,3-4,7-9,16H2,1-2H3. The predicted molar refractivity (Wildman–Crippen MR) is 85.6 cm³/mol. The van der Waals surface area contributed by atoms with Crippen LogP contribution in [0.3, 0.4) is 0 Å². The van der Waals surface area contributed by atoms with Crippen molar-refractivity contribution in [3.8, 4) is 5.88 Å². The Bertz CT molecular complexity index is 478. The molecule has 0 radical (unpaired) electrons. The Morgan fingerprint density at radius 3 is 2.95 bits per heavy atom. The van der Waals surface area contributed by atoms with Gasteiger partial charge < -0.3 is 15.4 Å². The summed E-state index contributed by atoms with van der Waals surface area (Å²) in [6.45, 7) is 6.33. The Morgan fingerprint density at radius 1 is 1.40 bits per heavy atom. The van der Waals surface area contributed by atoms with Crippen molar-refractivity contribution in [1.82, 2.24) is 4.98 Å². The minimum Gasteiger partial charge on any atom is -0.476 e. The second kappa shape index (κ2) is 5.72. The van der Waals surface area contributed by atoms with E-state index in [1.54, 1.807) is 0 Å². The number of rotatable bonds is 4. The first-order valence-electron chi connectivity index (χ1n) is 7.42. The number of pyridine rings is 1. The van der Waals surface area contributed by atoms with E-state index in [0.717, 1.165) is 24.7 Å². The lowest BCUT2D eigenvalue weighted by Gasteiger charge is -2.38. The summed E-state index contributed by atoms with van der Waals surface area (Å²) in [5.74, 6) is 3.46. The van der Waals surface area contributed by atoms with Gasteiger partial charge in [0, 0.05) is 23.6 Å². The highest BCUT2D eigenvalue weighted by Gasteiger charge is 2.27. The van der Waals surface area contributed by atoms with Crippen molar-refractivity contribution < 1.29 is 4.74 Å². The zero-order chi connectivity index (χ0) is 14.1. The van der Waals surface area contributed by atoms with Crippen molar-refractivity contribution in [3.05, 3.63) is 12.1 Å². The highest BCUT2D eigenvalue weighted by atomic mass is 32.2. The second-order valence-corrected chi connectivity index (χ2v) is 7.31. The first-order valence-corrected chi connectivity index (χ1v) is 8.47. The minimum absolute atomic E-state index is 0.487. The van der Waals surface area contributed by atoms with Crippen LogP contribution in [0.2, 0.25) is 0 Å². The van der Waals surface area contributed by atoms with E-state index in [0.29, 0.717) is 28.8 Å². The number of nitrogens with two attached hydrogens (primary N) is 1. The number of hydrogen-bond acceptors (Lipinski definition) is 5. The molecule has 3 rings (SSSR count). The predicted octanol–water partition coefficient (Wildman–Crippen LogP) is 2.78. The van der Waals surface area contributed by atoms with E-state index in [-0.39, 0.29) is 0 Å². The summed E-state index contributed by atoms with van der Waals surface area (Å²) in [7, 11) is 0.